The molecule has 14 heteroatoms. The van der Waals surface area contributed by atoms with Gasteiger partial charge >= 0.3 is 0 Å². The SMILES string of the molecule is O=[N+]([O-])OCC(CO[N+](=O)[O-])(N(F)F)N(F)F. The molecular formula is C3H4F4N4O6. The summed E-state index contributed by atoms with van der Waals surface area (Å²) in [6.45, 7) is -3.73. The molecule has 0 aliphatic heterocycles. The van der Waals surface area contributed by atoms with Crippen LogP contribution in [0.2, 0.25) is 0 Å². The molecule has 0 atom stereocenters. The van der Waals surface area contributed by atoms with E-state index in [-0.39, 0.29) is 0 Å². The fraction of sp³-hybridized carbons (Fsp3) is 1.00. The van der Waals surface area contributed by atoms with Gasteiger partial charge in [0.1, 0.15) is 13.2 Å². The van der Waals surface area contributed by atoms with Crippen molar-refractivity contribution in [2.24, 2.45) is 0 Å². The zero-order valence-electron chi connectivity index (χ0n) is 7.66. The summed E-state index contributed by atoms with van der Waals surface area (Å²) in [7, 11) is 0. The Kier molecular flexibility index (Phi) is 5.26. The van der Waals surface area contributed by atoms with Gasteiger partial charge in [-0.25, -0.2) is 0 Å². The highest BCUT2D eigenvalue weighted by Gasteiger charge is 2.50. The fourth-order valence-corrected chi connectivity index (χ4v) is 0.606. The van der Waals surface area contributed by atoms with Crippen LogP contribution in [-0.2, 0) is 9.68 Å². The fourth-order valence-electron chi connectivity index (χ4n) is 0.606. The lowest BCUT2D eigenvalue weighted by atomic mass is 10.2. The topological polar surface area (TPSA) is 111 Å². The van der Waals surface area contributed by atoms with E-state index >= 15 is 0 Å². The van der Waals surface area contributed by atoms with Crippen molar-refractivity contribution in [3.05, 3.63) is 20.2 Å². The summed E-state index contributed by atoms with van der Waals surface area (Å²) >= 11 is 0. The van der Waals surface area contributed by atoms with Crippen LogP contribution in [0.15, 0.2) is 0 Å². The van der Waals surface area contributed by atoms with Crippen LogP contribution in [-0.4, -0.2) is 39.7 Å². The number of rotatable bonds is 8. The van der Waals surface area contributed by atoms with E-state index < -0.39 is 39.7 Å². The smallest absolute Gasteiger partial charge is 0.294 e. The molecule has 17 heavy (non-hydrogen) atoms. The van der Waals surface area contributed by atoms with Crippen molar-refractivity contribution in [3.8, 4) is 0 Å². The summed E-state index contributed by atoms with van der Waals surface area (Å²) in [5, 5.41) is 11.8. The average molecular weight is 268 g/mol. The molecule has 0 heterocycles. The van der Waals surface area contributed by atoms with Gasteiger partial charge in [0, 0.05) is 0 Å². The maximum Gasteiger partial charge on any atom is 0.294 e. The van der Waals surface area contributed by atoms with Crippen LogP contribution in [0, 0.1) is 20.2 Å². The highest BCUT2D eigenvalue weighted by atomic mass is 19.4. The van der Waals surface area contributed by atoms with E-state index in [4.69, 9.17) is 0 Å². The first kappa shape index (κ1) is 15.0. The third-order valence-electron chi connectivity index (χ3n) is 1.43. The maximum atomic E-state index is 12.2. The molecule has 0 aromatic carbocycles. The largest absolute Gasteiger partial charge is 0.310 e. The summed E-state index contributed by atoms with van der Waals surface area (Å²) in [6, 6.07) is 0. The van der Waals surface area contributed by atoms with Gasteiger partial charge in [-0.2, -0.15) is 0 Å². The van der Waals surface area contributed by atoms with Crippen molar-refractivity contribution in [2.75, 3.05) is 13.2 Å². The van der Waals surface area contributed by atoms with Gasteiger partial charge in [-0.1, -0.05) is 17.9 Å². The minimum absolute atomic E-state index is 1.62. The van der Waals surface area contributed by atoms with E-state index in [1.165, 1.54) is 0 Å². The van der Waals surface area contributed by atoms with E-state index in [9.17, 15) is 38.2 Å². The monoisotopic (exact) mass is 268 g/mol. The van der Waals surface area contributed by atoms with E-state index in [0.717, 1.165) is 0 Å². The minimum Gasteiger partial charge on any atom is -0.310 e. The van der Waals surface area contributed by atoms with Crippen molar-refractivity contribution in [3.63, 3.8) is 0 Å². The Bertz CT molecular complexity index is 260. The summed E-state index contributed by atoms with van der Waals surface area (Å²) < 4.78 is 48.8. The van der Waals surface area contributed by atoms with Gasteiger partial charge in [0.05, 0.1) is 10.7 Å². The Morgan fingerprint density at radius 3 is 1.41 bits per heavy atom. The Morgan fingerprint density at radius 1 is 0.941 bits per heavy atom. The second-order valence-electron chi connectivity index (χ2n) is 2.44. The van der Waals surface area contributed by atoms with Crippen LogP contribution in [0.5, 0.6) is 0 Å². The standard InChI is InChI=1S/C3H4F4N4O6/c4-8(5)3(9(6)7,1-16-10(12)13)2-17-11(14)15/h1-2H2. The number of nitrogens with zero attached hydrogens (tertiary/aromatic N) is 4. The molecule has 0 aliphatic carbocycles. The molecule has 0 fully saturated rings. The maximum absolute atomic E-state index is 12.2. The van der Waals surface area contributed by atoms with Gasteiger partial charge < -0.3 is 9.68 Å². The van der Waals surface area contributed by atoms with E-state index in [0.29, 0.717) is 0 Å². The number of hydrogen-bond acceptors (Lipinski definition) is 8. The molecular weight excluding hydrogens is 264 g/mol. The Morgan fingerprint density at radius 2 is 1.24 bits per heavy atom. The van der Waals surface area contributed by atoms with Crippen molar-refractivity contribution < 1.29 is 37.8 Å². The molecule has 0 N–H and O–H groups in total. The first-order valence-corrected chi connectivity index (χ1v) is 3.50. The minimum atomic E-state index is -3.76. The van der Waals surface area contributed by atoms with E-state index in [1.54, 1.807) is 0 Å². The summed E-state index contributed by atoms with van der Waals surface area (Å²) in [5.74, 6) is 0. The van der Waals surface area contributed by atoms with Gasteiger partial charge in [0.2, 0.25) is 5.66 Å². The molecule has 0 unspecified atom stereocenters. The third kappa shape index (κ3) is 4.19. The normalized spacial score (nSPS) is 11.6. The molecule has 0 aliphatic rings. The second-order valence-corrected chi connectivity index (χ2v) is 2.44. The molecule has 0 rings (SSSR count). The van der Waals surface area contributed by atoms with Crippen molar-refractivity contribution in [2.45, 2.75) is 5.66 Å². The van der Waals surface area contributed by atoms with Crippen LogP contribution < -0.4 is 0 Å². The molecule has 0 amide bonds. The highest BCUT2D eigenvalue weighted by molar-refractivity contribution is 4.76. The Balaban J connectivity index is 4.85. The average Bonchev–Trinajstić information content (AvgIpc) is 2.16. The van der Waals surface area contributed by atoms with Crippen LogP contribution in [0.1, 0.15) is 0 Å². The Labute approximate surface area is 88.8 Å². The van der Waals surface area contributed by atoms with E-state index in [2.05, 4.69) is 9.68 Å². The zero-order valence-corrected chi connectivity index (χ0v) is 7.66. The van der Waals surface area contributed by atoms with Gasteiger partial charge in [-0.15, -0.1) is 20.2 Å². The lowest BCUT2D eigenvalue weighted by Crippen LogP contribution is -2.56. The molecule has 0 saturated carbocycles. The first-order chi connectivity index (χ1) is 7.72. The summed E-state index contributed by atoms with van der Waals surface area (Å²) in [4.78, 5) is 26.1. The van der Waals surface area contributed by atoms with Crippen LogP contribution >= 0.6 is 0 Å². The Hall–Kier alpha value is -1.96. The van der Waals surface area contributed by atoms with Crippen LogP contribution in [0.3, 0.4) is 0 Å². The molecule has 10 nitrogen and oxygen atoms in total. The van der Waals surface area contributed by atoms with Gasteiger partial charge in [0.25, 0.3) is 10.2 Å². The van der Waals surface area contributed by atoms with E-state index in [1.807, 2.05) is 0 Å². The van der Waals surface area contributed by atoms with Crippen LogP contribution in [0.25, 0.3) is 0 Å². The number of hydrogen-bond donors (Lipinski definition) is 0. The van der Waals surface area contributed by atoms with Crippen molar-refractivity contribution in [1.29, 1.82) is 0 Å². The first-order valence-electron chi connectivity index (χ1n) is 3.50. The predicted molar refractivity (Wildman–Crippen MR) is 36.7 cm³/mol. The molecule has 0 spiro atoms. The summed E-state index contributed by atoms with van der Waals surface area (Å²) in [6.07, 6.45) is 0. The molecule has 0 radical (unpaired) electrons. The predicted octanol–water partition coefficient (Wildman–Crippen LogP) is 0.241. The number of halogens is 4. The molecule has 0 aromatic rings. The molecule has 0 saturated heterocycles. The lowest BCUT2D eigenvalue weighted by molar-refractivity contribution is -0.776. The molecule has 0 bridgehead atoms. The zero-order chi connectivity index (χ0) is 13.6. The molecule has 0 aromatic heterocycles. The highest BCUT2D eigenvalue weighted by Crippen LogP contribution is 2.24. The van der Waals surface area contributed by atoms with Crippen molar-refractivity contribution in [1.82, 2.24) is 10.7 Å². The van der Waals surface area contributed by atoms with Crippen molar-refractivity contribution >= 4 is 0 Å². The quantitative estimate of drug-likeness (QED) is 0.202. The second kappa shape index (κ2) is 5.94. The van der Waals surface area contributed by atoms with Gasteiger partial charge in [0.15, 0.2) is 0 Å². The van der Waals surface area contributed by atoms with Gasteiger partial charge in [-0.05, 0) is 0 Å². The lowest BCUT2D eigenvalue weighted by Gasteiger charge is -2.29. The molecule has 100 valence electrons. The third-order valence-corrected chi connectivity index (χ3v) is 1.43. The van der Waals surface area contributed by atoms with Gasteiger partial charge in [-0.3, -0.25) is 0 Å². The summed E-state index contributed by atoms with van der Waals surface area (Å²) in [5.41, 5.74) is -3.76. The van der Waals surface area contributed by atoms with Crippen LogP contribution in [0.4, 0.5) is 17.9 Å².